The van der Waals surface area contributed by atoms with Crippen LogP contribution in [0.15, 0.2) is 0 Å². The van der Waals surface area contributed by atoms with E-state index in [0.717, 1.165) is 76.8 Å². The molecule has 6 heteroatoms. The third-order valence-corrected chi connectivity index (χ3v) is 12.7. The van der Waals surface area contributed by atoms with Crippen LogP contribution in [0.5, 0.6) is 0 Å². The molecule has 0 amide bonds. The second kappa shape index (κ2) is 40.2. The average Bonchev–Trinajstić information content (AvgIpc) is 3.11. The molecule has 2 atom stereocenters. The molecule has 4 nitrogen and oxygen atoms in total. The molecule has 0 saturated heterocycles. The highest BCUT2D eigenvalue weighted by Crippen LogP contribution is 2.27. The van der Waals surface area contributed by atoms with Gasteiger partial charge in [-0.2, -0.15) is 0 Å². The van der Waals surface area contributed by atoms with Crippen molar-refractivity contribution in [3.05, 3.63) is 0 Å². The van der Waals surface area contributed by atoms with Gasteiger partial charge in [0.2, 0.25) is 0 Å². The molecule has 0 aromatic heterocycles. The molecule has 2 unspecified atom stereocenters. The minimum atomic E-state index is 0.280. The lowest BCUT2D eigenvalue weighted by Gasteiger charge is -2.22. The molecule has 0 heterocycles. The maximum Gasteiger partial charge on any atom is 0.192 e. The molecule has 50 heavy (non-hydrogen) atoms. The fourth-order valence-electron chi connectivity index (χ4n) is 6.94. The fraction of sp³-hybridized carbons (Fsp3) is 0.955. The van der Waals surface area contributed by atoms with E-state index in [2.05, 4.69) is 32.6 Å². The number of unbranched alkanes of at least 4 members (excludes halogenated alkanes) is 19. The van der Waals surface area contributed by atoms with E-state index < -0.39 is 0 Å². The van der Waals surface area contributed by atoms with Gasteiger partial charge in [0.05, 0.1) is 0 Å². The Bertz CT molecular complexity index is 721. The Morgan fingerprint density at radius 2 is 0.920 bits per heavy atom. The number of aliphatic hydroxyl groups is 1. The van der Waals surface area contributed by atoms with Gasteiger partial charge in [-0.25, -0.2) is 0 Å². The van der Waals surface area contributed by atoms with Crippen LogP contribution in [0.3, 0.4) is 0 Å². The van der Waals surface area contributed by atoms with E-state index in [-0.39, 0.29) is 12.5 Å². The van der Waals surface area contributed by atoms with Crippen molar-refractivity contribution in [2.24, 2.45) is 5.92 Å². The van der Waals surface area contributed by atoms with Crippen LogP contribution >= 0.6 is 23.5 Å². The summed E-state index contributed by atoms with van der Waals surface area (Å²) in [6, 6.07) is 0. The molecule has 0 radical (unpaired) electrons. The van der Waals surface area contributed by atoms with E-state index in [1.165, 1.54) is 148 Å². The molecule has 0 aliphatic carbocycles. The van der Waals surface area contributed by atoms with Gasteiger partial charge in [-0.3, -0.25) is 9.59 Å². The SMILES string of the molecule is CCCCCCCC(CCCCC)SC(=O)CCCCCCN(CCCCO)CCCCCCSC(=O)C(CCCCC)CCCCCCC. The quantitative estimate of drug-likeness (QED) is 0.0631. The summed E-state index contributed by atoms with van der Waals surface area (Å²) in [5.74, 6) is 1.27. The number of carbonyl (C=O) groups excluding carboxylic acids is 2. The van der Waals surface area contributed by atoms with Crippen LogP contribution in [0.2, 0.25) is 0 Å². The Labute approximate surface area is 322 Å². The summed E-state index contributed by atoms with van der Waals surface area (Å²) in [4.78, 5) is 28.5. The van der Waals surface area contributed by atoms with Crippen molar-refractivity contribution >= 4 is 33.8 Å². The number of hydrogen-bond acceptors (Lipinski definition) is 6. The predicted molar refractivity (Wildman–Crippen MR) is 227 cm³/mol. The highest BCUT2D eigenvalue weighted by molar-refractivity contribution is 8.14. The molecule has 1 N–H and O–H groups in total. The molecule has 0 spiro atoms. The first-order valence-corrected chi connectivity index (χ1v) is 24.1. The normalized spacial score (nSPS) is 12.9. The summed E-state index contributed by atoms with van der Waals surface area (Å²) < 4.78 is 0. The minimum Gasteiger partial charge on any atom is -0.396 e. The number of aliphatic hydroxyl groups excluding tert-OH is 1. The monoisotopic (exact) mass is 742 g/mol. The topological polar surface area (TPSA) is 57.6 Å². The zero-order valence-electron chi connectivity index (χ0n) is 34.1. The van der Waals surface area contributed by atoms with Gasteiger partial charge in [0.15, 0.2) is 10.2 Å². The van der Waals surface area contributed by atoms with Crippen molar-refractivity contribution in [3.8, 4) is 0 Å². The second-order valence-electron chi connectivity index (χ2n) is 15.2. The Morgan fingerprint density at radius 3 is 1.48 bits per heavy atom. The second-order valence-corrected chi connectivity index (χ2v) is 17.7. The molecule has 0 saturated carbocycles. The van der Waals surface area contributed by atoms with E-state index in [9.17, 15) is 14.7 Å². The molecular formula is C44H87NO3S2. The molecule has 0 aromatic carbocycles. The van der Waals surface area contributed by atoms with Gasteiger partial charge in [-0.1, -0.05) is 180 Å². The highest BCUT2D eigenvalue weighted by atomic mass is 32.2. The first-order chi connectivity index (χ1) is 24.5. The van der Waals surface area contributed by atoms with E-state index in [1.54, 1.807) is 23.5 Å². The molecule has 0 rings (SSSR count). The van der Waals surface area contributed by atoms with Gasteiger partial charge in [-0.05, 0) is 83.8 Å². The van der Waals surface area contributed by atoms with Gasteiger partial charge < -0.3 is 10.0 Å². The van der Waals surface area contributed by atoms with Crippen molar-refractivity contribution in [3.63, 3.8) is 0 Å². The summed E-state index contributed by atoms with van der Waals surface area (Å²) in [6.45, 7) is 12.7. The van der Waals surface area contributed by atoms with Crippen molar-refractivity contribution in [1.29, 1.82) is 0 Å². The lowest BCUT2D eigenvalue weighted by Crippen LogP contribution is -2.27. The minimum absolute atomic E-state index is 0.280. The van der Waals surface area contributed by atoms with E-state index in [4.69, 9.17) is 0 Å². The number of hydrogen-bond donors (Lipinski definition) is 1. The summed E-state index contributed by atoms with van der Waals surface area (Å²) in [6.07, 6.45) is 37.2. The Balaban J connectivity index is 4.29. The Hall–Kier alpha value is -0.0400. The number of rotatable bonds is 40. The standard InChI is InChI=1S/C44H87NO3S2/c1-5-9-13-15-23-32-41(31-21-11-7-3)44(48)49-40-30-20-19-27-37-45(38-28-29-39-46)36-26-18-17-25-35-43(47)50-42(33-22-12-8-4)34-24-16-14-10-6-2/h41-42,46H,5-40H2,1-4H3. The van der Waals surface area contributed by atoms with Crippen molar-refractivity contribution in [2.75, 3.05) is 32.0 Å². The van der Waals surface area contributed by atoms with Gasteiger partial charge in [0, 0.05) is 29.9 Å². The van der Waals surface area contributed by atoms with Crippen LogP contribution in [-0.4, -0.2) is 57.5 Å². The van der Waals surface area contributed by atoms with Gasteiger partial charge in [-0.15, -0.1) is 0 Å². The highest BCUT2D eigenvalue weighted by Gasteiger charge is 2.18. The zero-order chi connectivity index (χ0) is 36.8. The third-order valence-electron chi connectivity index (χ3n) is 10.3. The Morgan fingerprint density at radius 1 is 0.500 bits per heavy atom. The fourth-order valence-corrected chi connectivity index (χ4v) is 9.17. The van der Waals surface area contributed by atoms with Crippen LogP contribution in [0.25, 0.3) is 0 Å². The summed E-state index contributed by atoms with van der Waals surface area (Å²) >= 11 is 3.30. The van der Waals surface area contributed by atoms with Gasteiger partial charge in [0.25, 0.3) is 0 Å². The summed E-state index contributed by atoms with van der Waals surface area (Å²) in [5.41, 5.74) is 0. The summed E-state index contributed by atoms with van der Waals surface area (Å²) in [7, 11) is 0. The molecule has 0 fully saturated rings. The largest absolute Gasteiger partial charge is 0.396 e. The maximum absolute atomic E-state index is 13.0. The van der Waals surface area contributed by atoms with Crippen LogP contribution in [0.1, 0.15) is 227 Å². The first kappa shape index (κ1) is 50.0. The number of thioether (sulfide) groups is 2. The van der Waals surface area contributed by atoms with Crippen LogP contribution < -0.4 is 0 Å². The van der Waals surface area contributed by atoms with Gasteiger partial charge in [0.1, 0.15) is 0 Å². The molecular weight excluding hydrogens is 655 g/mol. The van der Waals surface area contributed by atoms with Crippen LogP contribution in [-0.2, 0) is 9.59 Å². The molecule has 298 valence electrons. The lowest BCUT2D eigenvalue weighted by atomic mass is 9.96. The maximum atomic E-state index is 13.0. The van der Waals surface area contributed by atoms with Crippen molar-refractivity contribution in [1.82, 2.24) is 4.90 Å². The number of nitrogens with zero attached hydrogens (tertiary/aromatic N) is 1. The van der Waals surface area contributed by atoms with Crippen molar-refractivity contribution in [2.45, 2.75) is 232 Å². The molecule has 0 aliphatic rings. The smallest absolute Gasteiger partial charge is 0.192 e. The van der Waals surface area contributed by atoms with E-state index in [0.29, 0.717) is 15.5 Å². The Kier molecular flexibility index (Phi) is 40.1. The average molecular weight is 742 g/mol. The van der Waals surface area contributed by atoms with E-state index in [1.807, 2.05) is 0 Å². The zero-order valence-corrected chi connectivity index (χ0v) is 35.8. The van der Waals surface area contributed by atoms with Crippen LogP contribution in [0, 0.1) is 5.92 Å². The molecule has 0 aromatic rings. The summed E-state index contributed by atoms with van der Waals surface area (Å²) in [5, 5.41) is 10.7. The lowest BCUT2D eigenvalue weighted by molar-refractivity contribution is -0.115. The first-order valence-electron chi connectivity index (χ1n) is 22.2. The molecule has 0 bridgehead atoms. The predicted octanol–water partition coefficient (Wildman–Crippen LogP) is 14.0. The number of carbonyl (C=O) groups is 2. The van der Waals surface area contributed by atoms with Crippen LogP contribution in [0.4, 0.5) is 0 Å². The third kappa shape index (κ3) is 33.8. The van der Waals surface area contributed by atoms with Crippen molar-refractivity contribution < 1.29 is 14.7 Å². The van der Waals surface area contributed by atoms with Gasteiger partial charge >= 0.3 is 0 Å². The molecule has 0 aliphatic heterocycles. The van der Waals surface area contributed by atoms with E-state index >= 15 is 0 Å².